The predicted molar refractivity (Wildman–Crippen MR) is 107 cm³/mol. The maximum absolute atomic E-state index is 6.62. The SMILES string of the molecule is COc1ccc([C@@H]2O[C@H](c3ccccc3)Cc3c2[nH]c2ccccc32)cc1. The van der Waals surface area contributed by atoms with E-state index in [9.17, 15) is 0 Å². The summed E-state index contributed by atoms with van der Waals surface area (Å²) in [5.41, 5.74) is 6.02. The topological polar surface area (TPSA) is 34.2 Å². The van der Waals surface area contributed by atoms with Crippen molar-refractivity contribution in [1.29, 1.82) is 0 Å². The van der Waals surface area contributed by atoms with Crippen LogP contribution in [0.25, 0.3) is 10.9 Å². The molecule has 0 unspecified atom stereocenters. The molecule has 0 amide bonds. The zero-order valence-electron chi connectivity index (χ0n) is 15.2. The Labute approximate surface area is 158 Å². The van der Waals surface area contributed by atoms with Crippen LogP contribution in [-0.2, 0) is 11.2 Å². The molecule has 27 heavy (non-hydrogen) atoms. The van der Waals surface area contributed by atoms with E-state index in [-0.39, 0.29) is 12.2 Å². The Morgan fingerprint density at radius 3 is 2.37 bits per heavy atom. The molecule has 1 aliphatic rings. The van der Waals surface area contributed by atoms with Gasteiger partial charge in [0.25, 0.3) is 0 Å². The third kappa shape index (κ3) is 2.81. The fourth-order valence-corrected chi connectivity index (χ4v) is 4.02. The minimum Gasteiger partial charge on any atom is -0.497 e. The van der Waals surface area contributed by atoms with E-state index < -0.39 is 0 Å². The molecule has 1 aliphatic heterocycles. The molecule has 0 bridgehead atoms. The lowest BCUT2D eigenvalue weighted by Gasteiger charge is -2.31. The van der Waals surface area contributed by atoms with Crippen LogP contribution in [0, 0.1) is 0 Å². The number of hydrogen-bond acceptors (Lipinski definition) is 2. The van der Waals surface area contributed by atoms with E-state index in [1.54, 1.807) is 7.11 Å². The van der Waals surface area contributed by atoms with Crippen molar-refractivity contribution >= 4 is 10.9 Å². The van der Waals surface area contributed by atoms with E-state index in [2.05, 4.69) is 65.6 Å². The van der Waals surface area contributed by atoms with Gasteiger partial charge >= 0.3 is 0 Å². The summed E-state index contributed by atoms with van der Waals surface area (Å²) >= 11 is 0. The van der Waals surface area contributed by atoms with Gasteiger partial charge in [-0.2, -0.15) is 0 Å². The molecule has 4 aromatic rings. The molecule has 0 fully saturated rings. The van der Waals surface area contributed by atoms with E-state index in [4.69, 9.17) is 9.47 Å². The maximum Gasteiger partial charge on any atom is 0.123 e. The van der Waals surface area contributed by atoms with Crippen LogP contribution in [0.2, 0.25) is 0 Å². The van der Waals surface area contributed by atoms with Crippen LogP contribution in [0.5, 0.6) is 5.75 Å². The quantitative estimate of drug-likeness (QED) is 0.520. The summed E-state index contributed by atoms with van der Waals surface area (Å²) in [4.78, 5) is 3.61. The highest BCUT2D eigenvalue weighted by Gasteiger charge is 2.32. The Hall–Kier alpha value is -3.04. The highest BCUT2D eigenvalue weighted by atomic mass is 16.5. The van der Waals surface area contributed by atoms with Crippen molar-refractivity contribution in [3.63, 3.8) is 0 Å². The molecular weight excluding hydrogens is 334 g/mol. The number of fused-ring (bicyclic) bond motifs is 3. The molecule has 3 nitrogen and oxygen atoms in total. The Morgan fingerprint density at radius 1 is 0.852 bits per heavy atom. The number of H-pyrrole nitrogens is 1. The molecule has 0 aliphatic carbocycles. The highest BCUT2D eigenvalue weighted by Crippen LogP contribution is 2.43. The van der Waals surface area contributed by atoms with Crippen LogP contribution in [0.1, 0.15) is 34.6 Å². The van der Waals surface area contributed by atoms with Gasteiger partial charge < -0.3 is 14.5 Å². The summed E-state index contributed by atoms with van der Waals surface area (Å²) in [5.74, 6) is 0.853. The minimum absolute atomic E-state index is 0.0324. The first-order valence-electron chi connectivity index (χ1n) is 9.27. The largest absolute Gasteiger partial charge is 0.497 e. The van der Waals surface area contributed by atoms with Gasteiger partial charge in [0.05, 0.1) is 18.9 Å². The van der Waals surface area contributed by atoms with Crippen molar-refractivity contribution < 1.29 is 9.47 Å². The van der Waals surface area contributed by atoms with E-state index in [0.717, 1.165) is 23.4 Å². The number of aromatic amines is 1. The molecule has 0 saturated heterocycles. The number of para-hydroxylation sites is 1. The number of ether oxygens (including phenoxy) is 2. The van der Waals surface area contributed by atoms with Crippen LogP contribution in [0.15, 0.2) is 78.9 Å². The lowest BCUT2D eigenvalue weighted by atomic mass is 9.91. The standard InChI is InChI=1S/C24H21NO2/c1-26-18-13-11-17(12-14-18)24-23-20(19-9-5-6-10-21(19)25-23)15-22(27-24)16-7-3-2-4-8-16/h2-14,22,24-25H,15H2,1H3/t22-,24-/m0/s1. The lowest BCUT2D eigenvalue weighted by molar-refractivity contribution is -0.00702. The lowest BCUT2D eigenvalue weighted by Crippen LogP contribution is -2.21. The first-order chi connectivity index (χ1) is 13.3. The fourth-order valence-electron chi connectivity index (χ4n) is 4.02. The summed E-state index contributed by atoms with van der Waals surface area (Å²) in [6.45, 7) is 0. The summed E-state index contributed by atoms with van der Waals surface area (Å²) < 4.78 is 11.9. The number of rotatable bonds is 3. The van der Waals surface area contributed by atoms with E-state index in [1.807, 2.05) is 18.2 Å². The van der Waals surface area contributed by atoms with E-state index in [1.165, 1.54) is 22.0 Å². The van der Waals surface area contributed by atoms with Crippen molar-refractivity contribution in [1.82, 2.24) is 4.98 Å². The molecule has 1 N–H and O–H groups in total. The Bertz CT molecular complexity index is 1070. The van der Waals surface area contributed by atoms with Gasteiger partial charge in [-0.1, -0.05) is 60.7 Å². The number of methoxy groups -OCH3 is 1. The second-order valence-electron chi connectivity index (χ2n) is 6.96. The zero-order valence-corrected chi connectivity index (χ0v) is 15.2. The van der Waals surface area contributed by atoms with E-state index in [0.29, 0.717) is 0 Å². The molecule has 5 rings (SSSR count). The van der Waals surface area contributed by atoms with Crippen molar-refractivity contribution in [2.75, 3.05) is 7.11 Å². The van der Waals surface area contributed by atoms with Gasteiger partial charge in [-0.3, -0.25) is 0 Å². The minimum atomic E-state index is -0.128. The molecule has 0 saturated carbocycles. The summed E-state index contributed by atoms with van der Waals surface area (Å²) in [6.07, 6.45) is 0.776. The van der Waals surface area contributed by atoms with Crippen molar-refractivity contribution in [3.8, 4) is 5.75 Å². The molecule has 3 heteroatoms. The maximum atomic E-state index is 6.62. The number of benzene rings is 3. The van der Waals surface area contributed by atoms with Gasteiger partial charge in [0, 0.05) is 17.3 Å². The monoisotopic (exact) mass is 355 g/mol. The average Bonchev–Trinajstić information content (AvgIpc) is 3.12. The van der Waals surface area contributed by atoms with Gasteiger partial charge in [-0.15, -0.1) is 0 Å². The molecule has 2 atom stereocenters. The zero-order chi connectivity index (χ0) is 18.2. The third-order valence-electron chi connectivity index (χ3n) is 5.39. The van der Waals surface area contributed by atoms with Crippen molar-refractivity contribution in [2.45, 2.75) is 18.6 Å². The third-order valence-corrected chi connectivity index (χ3v) is 5.39. The molecule has 1 aromatic heterocycles. The summed E-state index contributed by atoms with van der Waals surface area (Å²) in [5, 5.41) is 1.29. The average molecular weight is 355 g/mol. The van der Waals surface area contributed by atoms with Crippen molar-refractivity contribution in [3.05, 3.63) is 101 Å². The number of nitrogens with one attached hydrogen (secondary N) is 1. The van der Waals surface area contributed by atoms with Crippen LogP contribution in [0.4, 0.5) is 0 Å². The summed E-state index contributed by atoms with van der Waals surface area (Å²) in [7, 11) is 1.69. The molecule has 0 spiro atoms. The molecule has 0 radical (unpaired) electrons. The van der Waals surface area contributed by atoms with Crippen LogP contribution >= 0.6 is 0 Å². The molecule has 134 valence electrons. The number of hydrogen-bond donors (Lipinski definition) is 1. The van der Waals surface area contributed by atoms with Crippen molar-refractivity contribution in [2.24, 2.45) is 0 Å². The molecular formula is C24H21NO2. The first kappa shape index (κ1) is 16.2. The van der Waals surface area contributed by atoms with Gasteiger partial charge in [-0.25, -0.2) is 0 Å². The van der Waals surface area contributed by atoms with Crippen LogP contribution in [0.3, 0.4) is 0 Å². The number of aromatic nitrogens is 1. The van der Waals surface area contributed by atoms with Gasteiger partial charge in [0.2, 0.25) is 0 Å². The smallest absolute Gasteiger partial charge is 0.123 e. The Morgan fingerprint density at radius 2 is 1.59 bits per heavy atom. The second kappa shape index (κ2) is 6.60. The highest BCUT2D eigenvalue weighted by molar-refractivity contribution is 5.85. The normalized spacial score (nSPS) is 19.0. The van der Waals surface area contributed by atoms with Gasteiger partial charge in [0.1, 0.15) is 11.9 Å². The first-order valence-corrected chi connectivity index (χ1v) is 9.27. The second-order valence-corrected chi connectivity index (χ2v) is 6.96. The van der Waals surface area contributed by atoms with E-state index >= 15 is 0 Å². The molecule has 3 aromatic carbocycles. The summed E-state index contributed by atoms with van der Waals surface area (Å²) in [6, 6.07) is 27.2. The van der Waals surface area contributed by atoms with Gasteiger partial charge in [0.15, 0.2) is 0 Å². The Kier molecular flexibility index (Phi) is 3.95. The van der Waals surface area contributed by atoms with Crippen LogP contribution < -0.4 is 4.74 Å². The predicted octanol–water partition coefficient (Wildman–Crippen LogP) is 5.58. The molecule has 2 heterocycles. The van der Waals surface area contributed by atoms with Gasteiger partial charge in [-0.05, 0) is 34.9 Å². The van der Waals surface area contributed by atoms with Crippen LogP contribution in [-0.4, -0.2) is 12.1 Å². The fraction of sp³-hybridized carbons (Fsp3) is 0.167. The Balaban J connectivity index is 1.64.